The van der Waals surface area contributed by atoms with Gasteiger partial charge in [-0.2, -0.15) is 5.01 Å². The van der Waals surface area contributed by atoms with Gasteiger partial charge in [0.2, 0.25) is 0 Å². The molecule has 4 nitrogen and oxygen atoms in total. The third-order valence-corrected chi connectivity index (χ3v) is 3.55. The quantitative estimate of drug-likeness (QED) is 0.652. The summed E-state index contributed by atoms with van der Waals surface area (Å²) in [5.41, 5.74) is 5.18. The lowest BCUT2D eigenvalue weighted by molar-refractivity contribution is -0.965. The average molecular weight is 216 g/mol. The Morgan fingerprint density at radius 2 is 2.43 bits per heavy atom. The van der Waals surface area contributed by atoms with Crippen LogP contribution in [0.15, 0.2) is 11.6 Å². The molecule has 4 atom stereocenters. The molecule has 5 heteroatoms. The highest BCUT2D eigenvalue weighted by Crippen LogP contribution is 2.26. The maximum absolute atomic E-state index is 5.61. The van der Waals surface area contributed by atoms with Crippen LogP contribution in [0.4, 0.5) is 0 Å². The lowest BCUT2D eigenvalue weighted by atomic mass is 10.1. The molecule has 4 bridgehead atoms. The van der Waals surface area contributed by atoms with Crippen LogP contribution in [-0.2, 0) is 0 Å². The Kier molecular flexibility index (Phi) is 2.07. The molecular formula is C9H16ClN4+. The first-order valence-corrected chi connectivity index (χ1v) is 5.57. The van der Waals surface area contributed by atoms with Gasteiger partial charge in [0, 0.05) is 12.1 Å². The molecule has 78 valence electrons. The number of nitrogens with one attached hydrogen (secondary N) is 1. The minimum Gasteiger partial charge on any atom is -0.293 e. The van der Waals surface area contributed by atoms with Crippen LogP contribution in [0.1, 0.15) is 0 Å². The zero-order chi connectivity index (χ0) is 9.60. The highest BCUT2D eigenvalue weighted by atomic mass is 35.5. The van der Waals surface area contributed by atoms with Gasteiger partial charge in [0.25, 0.3) is 0 Å². The van der Waals surface area contributed by atoms with Crippen LogP contribution >= 0.6 is 11.6 Å². The Hall–Kier alpha value is -0.130. The number of hydrazine groups is 1. The molecule has 0 spiro atoms. The average Bonchev–Trinajstić information content (AvgIpc) is 2.12. The van der Waals surface area contributed by atoms with Crippen LogP contribution in [0.25, 0.3) is 0 Å². The van der Waals surface area contributed by atoms with E-state index >= 15 is 0 Å². The summed E-state index contributed by atoms with van der Waals surface area (Å²) in [6.45, 7) is 6.91. The van der Waals surface area contributed by atoms with E-state index in [2.05, 4.69) is 21.4 Å². The standard InChI is InChI=1S/C9H16ClN4/c10-2-1-3-14-5-9-4-12(7-14)6-13(8-14)11-9/h1-2,9,11H,3-8H2/q+1. The molecule has 4 heterocycles. The zero-order valence-electron chi connectivity index (χ0n) is 8.19. The molecule has 4 aliphatic heterocycles. The van der Waals surface area contributed by atoms with Gasteiger partial charge in [0.1, 0.15) is 19.9 Å². The van der Waals surface area contributed by atoms with Gasteiger partial charge in [-0.1, -0.05) is 11.6 Å². The van der Waals surface area contributed by atoms with Crippen molar-refractivity contribution < 1.29 is 4.48 Å². The van der Waals surface area contributed by atoms with Crippen molar-refractivity contribution in [3.05, 3.63) is 11.6 Å². The van der Waals surface area contributed by atoms with E-state index in [4.69, 9.17) is 11.6 Å². The summed E-state index contributed by atoms with van der Waals surface area (Å²) in [5.74, 6) is 0. The minimum absolute atomic E-state index is 0.648. The molecule has 4 saturated heterocycles. The fourth-order valence-electron chi connectivity index (χ4n) is 3.10. The van der Waals surface area contributed by atoms with E-state index in [9.17, 15) is 0 Å². The van der Waals surface area contributed by atoms with Gasteiger partial charge in [0.15, 0.2) is 0 Å². The van der Waals surface area contributed by atoms with E-state index in [0.29, 0.717) is 6.04 Å². The number of halogens is 1. The van der Waals surface area contributed by atoms with Crippen LogP contribution in [0.3, 0.4) is 0 Å². The Labute approximate surface area is 89.3 Å². The van der Waals surface area contributed by atoms with Gasteiger partial charge in [-0.3, -0.25) is 4.48 Å². The molecule has 4 rings (SSSR count). The van der Waals surface area contributed by atoms with Gasteiger partial charge in [0.05, 0.1) is 19.3 Å². The van der Waals surface area contributed by atoms with Crippen LogP contribution in [0.2, 0.25) is 0 Å². The van der Waals surface area contributed by atoms with E-state index in [1.54, 1.807) is 5.54 Å². The van der Waals surface area contributed by atoms with Gasteiger partial charge >= 0.3 is 0 Å². The Balaban J connectivity index is 1.80. The normalized spacial score (nSPS) is 50.5. The molecule has 0 aliphatic carbocycles. The Morgan fingerprint density at radius 3 is 3.14 bits per heavy atom. The summed E-state index contributed by atoms with van der Waals surface area (Å²) in [5, 5.41) is 2.34. The molecule has 0 saturated carbocycles. The zero-order valence-corrected chi connectivity index (χ0v) is 8.95. The third-order valence-electron chi connectivity index (χ3n) is 3.37. The van der Waals surface area contributed by atoms with Crippen molar-refractivity contribution >= 4 is 11.6 Å². The van der Waals surface area contributed by atoms with Crippen LogP contribution in [0.5, 0.6) is 0 Å². The fraction of sp³-hybridized carbons (Fsp3) is 0.778. The maximum Gasteiger partial charge on any atom is 0.150 e. The van der Waals surface area contributed by atoms with Crippen LogP contribution in [-0.4, -0.2) is 60.1 Å². The predicted octanol–water partition coefficient (Wildman–Crippen LogP) is -0.0538. The SMILES string of the molecule is ClC=CC[N+]12CC3CN(CN(C1)N3)C2. The van der Waals surface area contributed by atoms with Crippen molar-refractivity contribution in [2.75, 3.05) is 39.6 Å². The number of hydrogen-bond donors (Lipinski definition) is 1. The molecule has 0 aromatic rings. The first-order valence-electron chi connectivity index (χ1n) is 5.13. The second-order valence-corrected chi connectivity index (χ2v) is 4.96. The molecular weight excluding hydrogens is 200 g/mol. The lowest BCUT2D eigenvalue weighted by Crippen LogP contribution is -2.81. The van der Waals surface area contributed by atoms with E-state index in [1.165, 1.54) is 19.8 Å². The Morgan fingerprint density at radius 1 is 1.50 bits per heavy atom. The second kappa shape index (κ2) is 3.18. The Bertz CT molecular complexity index is 230. The van der Waals surface area contributed by atoms with Crippen molar-refractivity contribution in [3.63, 3.8) is 0 Å². The first kappa shape index (κ1) is 9.12. The van der Waals surface area contributed by atoms with Crippen molar-refractivity contribution in [3.8, 4) is 0 Å². The second-order valence-electron chi connectivity index (χ2n) is 4.71. The van der Waals surface area contributed by atoms with E-state index in [1.807, 2.05) is 0 Å². The summed E-state index contributed by atoms with van der Waals surface area (Å²) in [7, 11) is 0. The molecule has 4 aliphatic rings. The number of nitrogens with zero attached hydrogens (tertiary/aromatic N) is 3. The largest absolute Gasteiger partial charge is 0.293 e. The molecule has 0 amide bonds. The maximum atomic E-state index is 5.61. The van der Waals surface area contributed by atoms with Gasteiger partial charge in [-0.25, -0.2) is 10.3 Å². The third kappa shape index (κ3) is 1.38. The van der Waals surface area contributed by atoms with E-state index < -0.39 is 0 Å². The van der Waals surface area contributed by atoms with Gasteiger partial charge < -0.3 is 0 Å². The van der Waals surface area contributed by atoms with Crippen molar-refractivity contribution in [1.29, 1.82) is 0 Å². The molecule has 1 N–H and O–H groups in total. The number of rotatable bonds is 2. The summed E-state index contributed by atoms with van der Waals surface area (Å²) in [4.78, 5) is 2.52. The molecule has 0 radical (unpaired) electrons. The first-order chi connectivity index (χ1) is 6.80. The number of hydrogen-bond acceptors (Lipinski definition) is 3. The highest BCUT2D eigenvalue weighted by Gasteiger charge is 2.48. The van der Waals surface area contributed by atoms with E-state index in [0.717, 1.165) is 24.4 Å². The van der Waals surface area contributed by atoms with Crippen molar-refractivity contribution in [2.24, 2.45) is 0 Å². The highest BCUT2D eigenvalue weighted by molar-refractivity contribution is 6.25. The topological polar surface area (TPSA) is 18.5 Å². The summed E-state index contributed by atoms with van der Waals surface area (Å²) >= 11 is 5.61. The monoisotopic (exact) mass is 215 g/mol. The van der Waals surface area contributed by atoms with E-state index in [-0.39, 0.29) is 0 Å². The minimum atomic E-state index is 0.648. The molecule has 4 unspecified atom stereocenters. The summed E-state index contributed by atoms with van der Waals surface area (Å²) < 4.78 is 1.15. The van der Waals surface area contributed by atoms with Gasteiger partial charge in [-0.15, -0.1) is 0 Å². The number of quaternary nitrogens is 1. The van der Waals surface area contributed by atoms with Crippen LogP contribution in [0, 0.1) is 0 Å². The molecule has 0 aromatic heterocycles. The summed E-state index contributed by atoms with van der Waals surface area (Å²) in [6.07, 6.45) is 2.08. The van der Waals surface area contributed by atoms with Gasteiger partial charge in [-0.05, 0) is 6.08 Å². The lowest BCUT2D eigenvalue weighted by Gasteiger charge is -2.59. The molecule has 4 fully saturated rings. The summed E-state index contributed by atoms with van der Waals surface area (Å²) in [6, 6.07) is 0.648. The smallest absolute Gasteiger partial charge is 0.150 e. The predicted molar refractivity (Wildman–Crippen MR) is 55.1 cm³/mol. The molecule has 14 heavy (non-hydrogen) atoms. The van der Waals surface area contributed by atoms with Crippen LogP contribution < -0.4 is 5.43 Å². The van der Waals surface area contributed by atoms with Crippen molar-refractivity contribution in [2.45, 2.75) is 6.04 Å². The molecule has 0 aromatic carbocycles. The fourth-order valence-corrected chi connectivity index (χ4v) is 3.18. The van der Waals surface area contributed by atoms with Crippen molar-refractivity contribution in [1.82, 2.24) is 15.3 Å².